The van der Waals surface area contributed by atoms with E-state index in [4.69, 9.17) is 14.2 Å². The molecule has 2 aliphatic rings. The quantitative estimate of drug-likeness (QED) is 0.809. The molecular weight excluding hydrogens is 316 g/mol. The average molecular weight is 340 g/mol. The van der Waals surface area contributed by atoms with E-state index in [1.807, 2.05) is 24.3 Å². The van der Waals surface area contributed by atoms with E-state index in [2.05, 4.69) is 22.0 Å². The zero-order valence-electron chi connectivity index (χ0n) is 14.6. The highest BCUT2D eigenvalue weighted by Gasteiger charge is 2.51. The molecule has 2 atom stereocenters. The van der Waals surface area contributed by atoms with E-state index in [0.29, 0.717) is 12.5 Å². The van der Waals surface area contributed by atoms with Crippen LogP contribution in [0.3, 0.4) is 0 Å². The fraction of sp³-hybridized carbons (Fsp3) is 0.450. The van der Waals surface area contributed by atoms with Gasteiger partial charge < -0.3 is 14.2 Å². The molecule has 0 aliphatic carbocycles. The van der Waals surface area contributed by atoms with E-state index in [1.165, 1.54) is 5.56 Å². The third-order valence-corrected chi connectivity index (χ3v) is 5.32. The number of ether oxygens (including phenoxy) is 3. The lowest BCUT2D eigenvalue weighted by Crippen LogP contribution is -2.36. The predicted molar refractivity (Wildman–Crippen MR) is 94.7 cm³/mol. The first-order chi connectivity index (χ1) is 12.3. The number of pyridine rings is 1. The van der Waals surface area contributed by atoms with Crippen LogP contribution in [0.15, 0.2) is 48.8 Å². The van der Waals surface area contributed by atoms with Gasteiger partial charge in [0.1, 0.15) is 11.5 Å². The molecule has 5 nitrogen and oxygen atoms in total. The lowest BCUT2D eigenvalue weighted by atomic mass is 9.82. The van der Waals surface area contributed by atoms with Crippen LogP contribution in [0.25, 0.3) is 0 Å². The van der Waals surface area contributed by atoms with Crippen LogP contribution in [-0.2, 0) is 11.3 Å². The van der Waals surface area contributed by atoms with E-state index >= 15 is 0 Å². The predicted octanol–water partition coefficient (Wildman–Crippen LogP) is 2.62. The van der Waals surface area contributed by atoms with Crippen molar-refractivity contribution in [3.63, 3.8) is 0 Å². The average Bonchev–Trinajstić information content (AvgIpc) is 3.18. The molecule has 2 saturated heterocycles. The van der Waals surface area contributed by atoms with Crippen molar-refractivity contribution in [3.05, 3.63) is 54.4 Å². The minimum absolute atomic E-state index is 0.0856. The number of methoxy groups -OCH3 is 1. The van der Waals surface area contributed by atoms with E-state index in [-0.39, 0.29) is 5.41 Å². The molecule has 4 rings (SSSR count). The van der Waals surface area contributed by atoms with Gasteiger partial charge in [0.05, 0.1) is 33.1 Å². The number of benzene rings is 1. The van der Waals surface area contributed by atoms with Gasteiger partial charge in [-0.25, -0.2) is 0 Å². The summed E-state index contributed by atoms with van der Waals surface area (Å²) in [5.41, 5.74) is 1.40. The number of hydrogen-bond donors (Lipinski definition) is 0. The van der Waals surface area contributed by atoms with Crippen LogP contribution in [0.5, 0.6) is 11.5 Å². The molecule has 25 heavy (non-hydrogen) atoms. The molecule has 0 spiro atoms. The number of likely N-dealkylation sites (tertiary alicyclic amines) is 1. The first-order valence-corrected chi connectivity index (χ1v) is 8.73. The molecule has 5 heteroatoms. The summed E-state index contributed by atoms with van der Waals surface area (Å²) in [7, 11) is 1.70. The Hall–Kier alpha value is -2.11. The molecule has 1 aromatic heterocycles. The summed E-state index contributed by atoms with van der Waals surface area (Å²) >= 11 is 0. The Morgan fingerprint density at radius 2 is 2.12 bits per heavy atom. The SMILES string of the molecule is COc1ccc(CN2C[C@@H]3COC[C@]3(COc3cccnc3)C2)cc1. The van der Waals surface area contributed by atoms with Gasteiger partial charge in [-0.05, 0) is 29.8 Å². The summed E-state index contributed by atoms with van der Waals surface area (Å²) in [5.74, 6) is 2.26. The Morgan fingerprint density at radius 1 is 1.24 bits per heavy atom. The van der Waals surface area contributed by atoms with Crippen molar-refractivity contribution in [2.24, 2.45) is 11.3 Å². The number of nitrogens with zero attached hydrogens (tertiary/aromatic N) is 2. The molecule has 132 valence electrons. The van der Waals surface area contributed by atoms with Crippen LogP contribution in [0.2, 0.25) is 0 Å². The Bertz CT molecular complexity index is 692. The highest BCUT2D eigenvalue weighted by Crippen LogP contribution is 2.42. The lowest BCUT2D eigenvalue weighted by Gasteiger charge is -2.27. The summed E-state index contributed by atoms with van der Waals surface area (Å²) in [5, 5.41) is 0. The Balaban J connectivity index is 1.40. The maximum atomic E-state index is 6.04. The maximum absolute atomic E-state index is 6.04. The first kappa shape index (κ1) is 16.4. The van der Waals surface area contributed by atoms with Gasteiger partial charge in [-0.2, -0.15) is 0 Å². The molecule has 2 aromatic rings. The molecule has 2 fully saturated rings. The number of aromatic nitrogens is 1. The van der Waals surface area contributed by atoms with Crippen LogP contribution in [0, 0.1) is 11.3 Å². The van der Waals surface area contributed by atoms with Gasteiger partial charge in [-0.3, -0.25) is 9.88 Å². The van der Waals surface area contributed by atoms with E-state index in [1.54, 1.807) is 19.5 Å². The summed E-state index contributed by atoms with van der Waals surface area (Å²) in [6.07, 6.45) is 3.53. The van der Waals surface area contributed by atoms with Crippen LogP contribution in [0.1, 0.15) is 5.56 Å². The molecule has 0 radical (unpaired) electrons. The second-order valence-electron chi connectivity index (χ2n) is 7.07. The normalized spacial score (nSPS) is 25.7. The number of rotatable bonds is 6. The Labute approximate surface area is 148 Å². The largest absolute Gasteiger partial charge is 0.497 e. The van der Waals surface area contributed by atoms with Gasteiger partial charge >= 0.3 is 0 Å². The fourth-order valence-electron chi connectivity index (χ4n) is 3.92. The van der Waals surface area contributed by atoms with Gasteiger partial charge in [-0.1, -0.05) is 12.1 Å². The van der Waals surface area contributed by atoms with E-state index in [0.717, 1.165) is 44.3 Å². The van der Waals surface area contributed by atoms with E-state index < -0.39 is 0 Å². The topological polar surface area (TPSA) is 43.8 Å². The highest BCUT2D eigenvalue weighted by atomic mass is 16.5. The molecule has 2 aliphatic heterocycles. The molecule has 0 saturated carbocycles. The minimum atomic E-state index is 0.0856. The van der Waals surface area contributed by atoms with Gasteiger partial charge in [0.25, 0.3) is 0 Å². The summed E-state index contributed by atoms with van der Waals surface area (Å²) in [4.78, 5) is 6.64. The first-order valence-electron chi connectivity index (χ1n) is 8.73. The fourth-order valence-corrected chi connectivity index (χ4v) is 3.92. The van der Waals surface area contributed by atoms with Crippen molar-refractivity contribution < 1.29 is 14.2 Å². The van der Waals surface area contributed by atoms with Crippen LogP contribution in [0.4, 0.5) is 0 Å². The molecule has 0 unspecified atom stereocenters. The van der Waals surface area contributed by atoms with Crippen molar-refractivity contribution in [2.75, 3.05) is 40.0 Å². The third kappa shape index (κ3) is 3.48. The van der Waals surface area contributed by atoms with Crippen molar-refractivity contribution in [1.82, 2.24) is 9.88 Å². The van der Waals surface area contributed by atoms with Crippen molar-refractivity contribution in [3.8, 4) is 11.5 Å². The maximum Gasteiger partial charge on any atom is 0.137 e. The second-order valence-corrected chi connectivity index (χ2v) is 7.07. The summed E-state index contributed by atoms with van der Waals surface area (Å²) < 4.78 is 17.1. The van der Waals surface area contributed by atoms with Gasteiger partial charge in [0.2, 0.25) is 0 Å². The van der Waals surface area contributed by atoms with Gasteiger partial charge in [-0.15, -0.1) is 0 Å². The van der Waals surface area contributed by atoms with Crippen LogP contribution < -0.4 is 9.47 Å². The van der Waals surface area contributed by atoms with Crippen LogP contribution >= 0.6 is 0 Å². The molecule has 1 aromatic carbocycles. The van der Waals surface area contributed by atoms with Crippen molar-refractivity contribution in [2.45, 2.75) is 6.54 Å². The van der Waals surface area contributed by atoms with Gasteiger partial charge in [0, 0.05) is 37.2 Å². The highest BCUT2D eigenvalue weighted by molar-refractivity contribution is 5.27. The van der Waals surface area contributed by atoms with Gasteiger partial charge in [0.15, 0.2) is 0 Å². The van der Waals surface area contributed by atoms with E-state index in [9.17, 15) is 0 Å². The molecule has 0 N–H and O–H groups in total. The molecule has 0 amide bonds. The second kappa shape index (κ2) is 7.02. The monoisotopic (exact) mass is 340 g/mol. The van der Waals surface area contributed by atoms with Crippen LogP contribution in [-0.4, -0.2) is 49.9 Å². The number of hydrogen-bond acceptors (Lipinski definition) is 5. The Morgan fingerprint density at radius 3 is 2.88 bits per heavy atom. The molecule has 3 heterocycles. The third-order valence-electron chi connectivity index (χ3n) is 5.32. The summed E-state index contributed by atoms with van der Waals surface area (Å²) in [6, 6.07) is 12.2. The van der Waals surface area contributed by atoms with Crippen molar-refractivity contribution in [1.29, 1.82) is 0 Å². The smallest absolute Gasteiger partial charge is 0.137 e. The summed E-state index contributed by atoms with van der Waals surface area (Å²) in [6.45, 7) is 5.30. The standard InChI is InChI=1S/C20H24N2O3/c1-23-18-6-4-16(5-7-18)10-22-11-17-12-24-14-20(17,13-22)15-25-19-3-2-8-21-9-19/h2-9,17H,10-15H2,1H3/t17-,20+/m1/s1. The van der Waals surface area contributed by atoms with Crippen molar-refractivity contribution >= 4 is 0 Å². The molecule has 0 bridgehead atoms. The zero-order valence-corrected chi connectivity index (χ0v) is 14.6. The number of fused-ring (bicyclic) bond motifs is 1. The molecular formula is C20H24N2O3. The Kier molecular flexibility index (Phi) is 4.59. The minimum Gasteiger partial charge on any atom is -0.497 e. The zero-order chi connectivity index (χ0) is 17.1. The lowest BCUT2D eigenvalue weighted by molar-refractivity contribution is 0.0899.